The van der Waals surface area contributed by atoms with E-state index in [0.717, 1.165) is 19.3 Å². The summed E-state index contributed by atoms with van der Waals surface area (Å²) >= 11 is 0. The maximum absolute atomic E-state index is 13.1. The Kier molecular flexibility index (Phi) is 5.92. The first-order chi connectivity index (χ1) is 15.0. The predicted octanol–water partition coefficient (Wildman–Crippen LogP) is 4.29. The van der Waals surface area contributed by atoms with Gasteiger partial charge < -0.3 is 19.5 Å². The molecule has 0 bridgehead atoms. The summed E-state index contributed by atoms with van der Waals surface area (Å²) in [5.41, 5.74) is 1.73. The second kappa shape index (κ2) is 8.79. The summed E-state index contributed by atoms with van der Waals surface area (Å²) in [7, 11) is 1.38. The van der Waals surface area contributed by atoms with Crippen LogP contribution in [0, 0.1) is 0 Å². The van der Waals surface area contributed by atoms with Gasteiger partial charge in [-0.05, 0) is 37.5 Å². The molecule has 1 saturated carbocycles. The molecule has 0 spiro atoms. The summed E-state index contributed by atoms with van der Waals surface area (Å²) in [6.07, 6.45) is 6.02. The molecule has 31 heavy (non-hydrogen) atoms. The molecule has 0 saturated heterocycles. The van der Waals surface area contributed by atoms with Gasteiger partial charge in [-0.3, -0.25) is 9.20 Å². The molecule has 0 radical (unpaired) electrons. The smallest absolute Gasteiger partial charge is 0.387 e. The van der Waals surface area contributed by atoms with Crippen LogP contribution < -0.4 is 19.5 Å². The molecule has 0 unspecified atom stereocenters. The highest BCUT2D eigenvalue weighted by atomic mass is 19.3. The van der Waals surface area contributed by atoms with Crippen molar-refractivity contribution in [3.05, 3.63) is 42.2 Å². The van der Waals surface area contributed by atoms with Gasteiger partial charge in [0.05, 0.1) is 25.6 Å². The third-order valence-corrected chi connectivity index (χ3v) is 4.89. The van der Waals surface area contributed by atoms with Gasteiger partial charge in [-0.1, -0.05) is 6.92 Å². The number of pyridine rings is 1. The van der Waals surface area contributed by atoms with Crippen molar-refractivity contribution >= 4 is 11.6 Å². The van der Waals surface area contributed by atoms with Crippen LogP contribution >= 0.6 is 0 Å². The summed E-state index contributed by atoms with van der Waals surface area (Å²) in [6, 6.07) is 6.68. The van der Waals surface area contributed by atoms with E-state index >= 15 is 0 Å². The SMILES string of the molecule is CCCOc1ccn2c(-c3cc(OC)c(C(=O)NC4CC4)c(OC(F)F)c3)cnc2c1. The topological polar surface area (TPSA) is 74.1 Å². The Morgan fingerprint density at radius 1 is 1.29 bits per heavy atom. The molecule has 164 valence electrons. The van der Waals surface area contributed by atoms with Crippen LogP contribution in [0.25, 0.3) is 16.9 Å². The van der Waals surface area contributed by atoms with Crippen LogP contribution in [0.5, 0.6) is 17.2 Å². The van der Waals surface area contributed by atoms with Gasteiger partial charge in [0.15, 0.2) is 0 Å². The predicted molar refractivity (Wildman–Crippen MR) is 110 cm³/mol. The van der Waals surface area contributed by atoms with Crippen molar-refractivity contribution in [2.24, 2.45) is 0 Å². The van der Waals surface area contributed by atoms with Crippen LogP contribution in [0.2, 0.25) is 0 Å². The number of alkyl halides is 2. The molecule has 3 aromatic rings. The molecular weight excluding hydrogens is 408 g/mol. The van der Waals surface area contributed by atoms with Gasteiger partial charge >= 0.3 is 6.61 Å². The van der Waals surface area contributed by atoms with Gasteiger partial charge in [-0.25, -0.2) is 4.98 Å². The van der Waals surface area contributed by atoms with E-state index in [-0.39, 0.29) is 23.1 Å². The van der Waals surface area contributed by atoms with E-state index in [0.29, 0.717) is 29.3 Å². The monoisotopic (exact) mass is 431 g/mol. The van der Waals surface area contributed by atoms with E-state index in [1.807, 2.05) is 6.92 Å². The quantitative estimate of drug-likeness (QED) is 0.547. The Hall–Kier alpha value is -3.36. The lowest BCUT2D eigenvalue weighted by molar-refractivity contribution is -0.0502. The minimum Gasteiger partial charge on any atom is -0.496 e. The fraction of sp³-hybridized carbons (Fsp3) is 0.364. The van der Waals surface area contributed by atoms with Crippen molar-refractivity contribution in [2.75, 3.05) is 13.7 Å². The van der Waals surface area contributed by atoms with Gasteiger partial charge in [0.1, 0.15) is 28.5 Å². The van der Waals surface area contributed by atoms with Crippen LogP contribution in [0.4, 0.5) is 8.78 Å². The number of rotatable bonds is 9. The number of nitrogens with zero attached hydrogens (tertiary/aromatic N) is 2. The number of benzene rings is 1. The first-order valence-electron chi connectivity index (χ1n) is 10.1. The van der Waals surface area contributed by atoms with Crippen molar-refractivity contribution in [1.82, 2.24) is 14.7 Å². The number of amides is 1. The standard InChI is InChI=1S/C22H23F2N3O4/c1-3-8-30-15-6-7-27-16(12-25-19(27)11-15)13-9-17(29-2)20(18(10-13)31-22(23)24)21(28)26-14-4-5-14/h6-7,9-12,14,22H,3-5,8H2,1-2H3,(H,26,28). The highest BCUT2D eigenvalue weighted by molar-refractivity contribution is 6.01. The molecule has 2 aromatic heterocycles. The number of hydrogen-bond acceptors (Lipinski definition) is 5. The number of carbonyl (C=O) groups is 1. The summed E-state index contributed by atoms with van der Waals surface area (Å²) in [6.45, 7) is -0.472. The first-order valence-corrected chi connectivity index (χ1v) is 10.1. The number of methoxy groups -OCH3 is 1. The van der Waals surface area contributed by atoms with E-state index in [4.69, 9.17) is 14.2 Å². The summed E-state index contributed by atoms with van der Waals surface area (Å²) in [5, 5.41) is 2.79. The lowest BCUT2D eigenvalue weighted by atomic mass is 10.1. The molecule has 9 heteroatoms. The fourth-order valence-electron chi connectivity index (χ4n) is 3.28. The summed E-state index contributed by atoms with van der Waals surface area (Å²) < 4.78 is 43.7. The van der Waals surface area contributed by atoms with Gasteiger partial charge in [0, 0.05) is 23.9 Å². The Labute approximate surface area is 177 Å². The minimum absolute atomic E-state index is 0.0532. The molecule has 4 rings (SSSR count). The molecular formula is C22H23F2N3O4. The zero-order chi connectivity index (χ0) is 22.0. The van der Waals surface area contributed by atoms with E-state index in [9.17, 15) is 13.6 Å². The average Bonchev–Trinajstić information content (AvgIpc) is 3.46. The Bertz CT molecular complexity index is 1100. The summed E-state index contributed by atoms with van der Waals surface area (Å²) in [5.74, 6) is 0.0832. The van der Waals surface area contributed by atoms with E-state index < -0.39 is 12.5 Å². The van der Waals surface area contributed by atoms with Crippen LogP contribution in [-0.2, 0) is 0 Å². The Morgan fingerprint density at radius 2 is 2.06 bits per heavy atom. The first kappa shape index (κ1) is 20.9. The van der Waals surface area contributed by atoms with Crippen molar-refractivity contribution in [3.63, 3.8) is 0 Å². The molecule has 1 aromatic carbocycles. The molecule has 7 nitrogen and oxygen atoms in total. The fourth-order valence-corrected chi connectivity index (χ4v) is 3.28. The van der Waals surface area contributed by atoms with Crippen LogP contribution in [0.3, 0.4) is 0 Å². The number of imidazole rings is 1. The van der Waals surface area contributed by atoms with E-state index in [2.05, 4.69) is 10.3 Å². The Morgan fingerprint density at radius 3 is 2.74 bits per heavy atom. The van der Waals surface area contributed by atoms with Crippen LogP contribution in [0.15, 0.2) is 36.7 Å². The van der Waals surface area contributed by atoms with E-state index in [1.165, 1.54) is 13.2 Å². The minimum atomic E-state index is -3.09. The largest absolute Gasteiger partial charge is 0.496 e. The maximum atomic E-state index is 13.1. The molecule has 2 heterocycles. The van der Waals surface area contributed by atoms with Crippen molar-refractivity contribution in [1.29, 1.82) is 0 Å². The number of carbonyl (C=O) groups excluding carboxylic acids is 1. The van der Waals surface area contributed by atoms with Gasteiger partial charge in [-0.15, -0.1) is 0 Å². The zero-order valence-electron chi connectivity index (χ0n) is 17.2. The molecule has 0 atom stereocenters. The lowest BCUT2D eigenvalue weighted by Gasteiger charge is -2.16. The van der Waals surface area contributed by atoms with Crippen LogP contribution in [0.1, 0.15) is 36.5 Å². The number of aromatic nitrogens is 2. The van der Waals surface area contributed by atoms with Gasteiger partial charge in [0.2, 0.25) is 0 Å². The second-order valence-electron chi connectivity index (χ2n) is 7.26. The van der Waals surface area contributed by atoms with Crippen molar-refractivity contribution in [3.8, 4) is 28.5 Å². The number of hydrogen-bond donors (Lipinski definition) is 1. The van der Waals surface area contributed by atoms with Crippen LogP contribution in [-0.4, -0.2) is 41.7 Å². The molecule has 1 aliphatic rings. The lowest BCUT2D eigenvalue weighted by Crippen LogP contribution is -2.26. The number of halogens is 2. The summed E-state index contributed by atoms with van der Waals surface area (Å²) in [4.78, 5) is 17.1. The normalized spacial score (nSPS) is 13.5. The zero-order valence-corrected chi connectivity index (χ0v) is 17.2. The third-order valence-electron chi connectivity index (χ3n) is 4.89. The molecule has 1 aliphatic carbocycles. The number of ether oxygens (including phenoxy) is 3. The highest BCUT2D eigenvalue weighted by Crippen LogP contribution is 2.37. The van der Waals surface area contributed by atoms with E-state index in [1.54, 1.807) is 35.0 Å². The molecule has 1 amide bonds. The molecule has 1 N–H and O–H groups in total. The average molecular weight is 431 g/mol. The van der Waals surface area contributed by atoms with Gasteiger partial charge in [0.25, 0.3) is 5.91 Å². The highest BCUT2D eigenvalue weighted by Gasteiger charge is 2.29. The maximum Gasteiger partial charge on any atom is 0.387 e. The Balaban J connectivity index is 1.76. The van der Waals surface area contributed by atoms with Crippen molar-refractivity contribution < 1.29 is 27.8 Å². The van der Waals surface area contributed by atoms with Crippen molar-refractivity contribution in [2.45, 2.75) is 38.8 Å². The second-order valence-corrected chi connectivity index (χ2v) is 7.26. The molecule has 0 aliphatic heterocycles. The van der Waals surface area contributed by atoms with Gasteiger partial charge in [-0.2, -0.15) is 8.78 Å². The third kappa shape index (κ3) is 4.55. The number of nitrogens with one attached hydrogen (secondary N) is 1. The molecule has 1 fully saturated rings. The number of fused-ring (bicyclic) bond motifs is 1.